The van der Waals surface area contributed by atoms with E-state index in [1.165, 1.54) is 0 Å². The number of aliphatic hydroxyl groups is 1. The van der Waals surface area contributed by atoms with E-state index < -0.39 is 5.60 Å². The van der Waals surface area contributed by atoms with Crippen LogP contribution in [0.25, 0.3) is 0 Å². The molecule has 158 valence electrons. The molecule has 0 aliphatic heterocycles. The van der Waals surface area contributed by atoms with Crippen LogP contribution in [-0.4, -0.2) is 64.0 Å². The minimum atomic E-state index is -1.04. The highest BCUT2D eigenvalue weighted by Crippen LogP contribution is 2.19. The second-order valence-corrected chi connectivity index (χ2v) is 7.58. The SMILES string of the molecule is CCNC(=NCC(C)(O)c1cnn(C)c1)NCCCN(C(C)C)C(C)C.I. The highest BCUT2D eigenvalue weighted by atomic mass is 127. The summed E-state index contributed by atoms with van der Waals surface area (Å²) in [5, 5.41) is 21.4. The third kappa shape index (κ3) is 9.25. The summed E-state index contributed by atoms with van der Waals surface area (Å²) < 4.78 is 1.69. The van der Waals surface area contributed by atoms with Crippen LogP contribution in [0.2, 0.25) is 0 Å². The fourth-order valence-electron chi connectivity index (χ4n) is 2.95. The van der Waals surface area contributed by atoms with E-state index in [1.807, 2.05) is 20.2 Å². The first kappa shape index (κ1) is 26.1. The second-order valence-electron chi connectivity index (χ2n) is 7.58. The van der Waals surface area contributed by atoms with Gasteiger partial charge in [0.15, 0.2) is 5.96 Å². The molecule has 27 heavy (non-hydrogen) atoms. The summed E-state index contributed by atoms with van der Waals surface area (Å²) in [5.74, 6) is 0.734. The van der Waals surface area contributed by atoms with Gasteiger partial charge in [0.05, 0.1) is 12.7 Å². The molecule has 1 aromatic rings. The third-order valence-electron chi connectivity index (χ3n) is 4.43. The van der Waals surface area contributed by atoms with Crippen LogP contribution in [-0.2, 0) is 12.6 Å². The van der Waals surface area contributed by atoms with Crippen LogP contribution < -0.4 is 10.6 Å². The van der Waals surface area contributed by atoms with Crippen LogP contribution in [0.3, 0.4) is 0 Å². The Bertz CT molecular complexity index is 548. The highest BCUT2D eigenvalue weighted by Gasteiger charge is 2.24. The maximum atomic E-state index is 10.7. The summed E-state index contributed by atoms with van der Waals surface area (Å²) >= 11 is 0. The Kier molecular flexibility index (Phi) is 12.2. The lowest BCUT2D eigenvalue weighted by Crippen LogP contribution is -2.42. The van der Waals surface area contributed by atoms with Crippen LogP contribution in [0.15, 0.2) is 17.4 Å². The summed E-state index contributed by atoms with van der Waals surface area (Å²) in [5.41, 5.74) is -0.271. The number of aryl methyl sites for hydroxylation is 1. The van der Waals surface area contributed by atoms with Crippen molar-refractivity contribution in [2.75, 3.05) is 26.2 Å². The summed E-state index contributed by atoms with van der Waals surface area (Å²) in [6.45, 7) is 15.7. The molecule has 0 amide bonds. The zero-order valence-corrected chi connectivity index (χ0v) is 20.3. The number of hydrogen-bond donors (Lipinski definition) is 3. The predicted molar refractivity (Wildman–Crippen MR) is 124 cm³/mol. The minimum absolute atomic E-state index is 0. The van der Waals surface area contributed by atoms with Crippen LogP contribution in [0.4, 0.5) is 0 Å². The van der Waals surface area contributed by atoms with Crippen molar-refractivity contribution in [1.29, 1.82) is 0 Å². The molecule has 1 unspecified atom stereocenters. The third-order valence-corrected chi connectivity index (χ3v) is 4.43. The molecule has 3 N–H and O–H groups in total. The van der Waals surface area contributed by atoms with Gasteiger partial charge in [0, 0.05) is 50.5 Å². The maximum Gasteiger partial charge on any atom is 0.191 e. The van der Waals surface area contributed by atoms with Gasteiger partial charge in [-0.25, -0.2) is 4.99 Å². The van der Waals surface area contributed by atoms with E-state index in [0.29, 0.717) is 12.1 Å². The number of hydrogen-bond acceptors (Lipinski definition) is 4. The lowest BCUT2D eigenvalue weighted by Gasteiger charge is -2.30. The highest BCUT2D eigenvalue weighted by molar-refractivity contribution is 14.0. The Morgan fingerprint density at radius 1 is 1.30 bits per heavy atom. The number of nitrogens with one attached hydrogen (secondary N) is 2. The average Bonchev–Trinajstić information content (AvgIpc) is 2.99. The van der Waals surface area contributed by atoms with Gasteiger partial charge in [-0.3, -0.25) is 9.58 Å². The Morgan fingerprint density at radius 2 is 1.93 bits per heavy atom. The molecule has 7 nitrogen and oxygen atoms in total. The quantitative estimate of drug-likeness (QED) is 0.202. The summed E-state index contributed by atoms with van der Waals surface area (Å²) in [6, 6.07) is 1.10. The monoisotopic (exact) mass is 494 g/mol. The Labute approximate surface area is 182 Å². The number of rotatable bonds is 10. The average molecular weight is 494 g/mol. The Hall–Kier alpha value is -0.870. The van der Waals surface area contributed by atoms with Gasteiger partial charge in [0.25, 0.3) is 0 Å². The lowest BCUT2D eigenvalue weighted by atomic mass is 10.0. The zero-order valence-electron chi connectivity index (χ0n) is 18.0. The number of guanidine groups is 1. The van der Waals surface area contributed by atoms with Gasteiger partial charge < -0.3 is 15.7 Å². The molecule has 0 aromatic carbocycles. The molecule has 0 saturated carbocycles. The van der Waals surface area contributed by atoms with Crippen molar-refractivity contribution < 1.29 is 5.11 Å². The molecule has 0 radical (unpaired) electrons. The molecule has 1 atom stereocenters. The van der Waals surface area contributed by atoms with E-state index >= 15 is 0 Å². The fourth-order valence-corrected chi connectivity index (χ4v) is 2.95. The van der Waals surface area contributed by atoms with Crippen molar-refractivity contribution >= 4 is 29.9 Å². The van der Waals surface area contributed by atoms with Crippen molar-refractivity contribution in [3.63, 3.8) is 0 Å². The first-order valence-corrected chi connectivity index (χ1v) is 9.66. The number of nitrogens with zero attached hydrogens (tertiary/aromatic N) is 4. The molecule has 0 spiro atoms. The molecular formula is C19H39IN6O. The van der Waals surface area contributed by atoms with E-state index in [9.17, 15) is 5.11 Å². The zero-order chi connectivity index (χ0) is 19.7. The summed E-state index contributed by atoms with van der Waals surface area (Å²) in [7, 11) is 1.84. The van der Waals surface area contributed by atoms with E-state index in [-0.39, 0.29) is 30.5 Å². The molecular weight excluding hydrogens is 455 g/mol. The van der Waals surface area contributed by atoms with Crippen LogP contribution in [0.5, 0.6) is 0 Å². The van der Waals surface area contributed by atoms with Crippen molar-refractivity contribution in [3.05, 3.63) is 18.0 Å². The fraction of sp³-hybridized carbons (Fsp3) is 0.789. The standard InChI is InChI=1S/C19H38N6O.HI/c1-8-20-18(21-10-9-11-25(15(2)3)16(4)5)22-14-19(6,26)17-12-23-24(7)13-17;/h12-13,15-16,26H,8-11,14H2,1-7H3,(H2,20,21,22);1H. The first-order valence-electron chi connectivity index (χ1n) is 9.66. The second kappa shape index (κ2) is 12.6. The van der Waals surface area contributed by atoms with Gasteiger partial charge in [-0.05, 0) is 48.0 Å². The van der Waals surface area contributed by atoms with Gasteiger partial charge in [-0.2, -0.15) is 5.10 Å². The van der Waals surface area contributed by atoms with Gasteiger partial charge in [0.1, 0.15) is 5.60 Å². The molecule has 1 rings (SSSR count). The maximum absolute atomic E-state index is 10.7. The molecule has 0 fully saturated rings. The van der Waals surface area contributed by atoms with Gasteiger partial charge in [-0.1, -0.05) is 0 Å². The topological polar surface area (TPSA) is 77.7 Å². The van der Waals surface area contributed by atoms with E-state index in [4.69, 9.17) is 0 Å². The molecule has 1 heterocycles. The normalized spacial score (nSPS) is 14.4. The number of halogens is 1. The van der Waals surface area contributed by atoms with Crippen LogP contribution in [0.1, 0.15) is 53.5 Å². The predicted octanol–water partition coefficient (Wildman–Crippen LogP) is 2.31. The smallest absolute Gasteiger partial charge is 0.191 e. The van der Waals surface area contributed by atoms with E-state index in [0.717, 1.165) is 37.6 Å². The van der Waals surface area contributed by atoms with Crippen molar-refractivity contribution in [2.24, 2.45) is 12.0 Å². The molecule has 0 aliphatic rings. The minimum Gasteiger partial charge on any atom is -0.383 e. The van der Waals surface area contributed by atoms with Crippen LogP contribution in [0, 0.1) is 0 Å². The van der Waals surface area contributed by atoms with Gasteiger partial charge in [0.2, 0.25) is 0 Å². The van der Waals surface area contributed by atoms with Crippen molar-refractivity contribution in [3.8, 4) is 0 Å². The summed E-state index contributed by atoms with van der Waals surface area (Å²) in [6.07, 6.45) is 4.55. The largest absolute Gasteiger partial charge is 0.383 e. The van der Waals surface area contributed by atoms with E-state index in [2.05, 4.69) is 53.3 Å². The van der Waals surface area contributed by atoms with E-state index in [1.54, 1.807) is 17.8 Å². The van der Waals surface area contributed by atoms with Crippen LogP contribution >= 0.6 is 24.0 Å². The lowest BCUT2D eigenvalue weighted by molar-refractivity contribution is 0.0671. The van der Waals surface area contributed by atoms with Gasteiger partial charge in [-0.15, -0.1) is 24.0 Å². The number of aromatic nitrogens is 2. The number of aliphatic imine (C=N–C) groups is 1. The van der Waals surface area contributed by atoms with Crippen molar-refractivity contribution in [2.45, 2.75) is 65.6 Å². The molecule has 0 bridgehead atoms. The Balaban J connectivity index is 0.00000676. The Morgan fingerprint density at radius 3 is 2.41 bits per heavy atom. The molecule has 8 heteroatoms. The first-order chi connectivity index (χ1) is 12.2. The molecule has 0 aliphatic carbocycles. The molecule has 0 saturated heterocycles. The van der Waals surface area contributed by atoms with Gasteiger partial charge >= 0.3 is 0 Å². The molecule has 1 aromatic heterocycles. The summed E-state index contributed by atoms with van der Waals surface area (Å²) in [4.78, 5) is 7.04. The van der Waals surface area contributed by atoms with Crippen molar-refractivity contribution in [1.82, 2.24) is 25.3 Å².